The van der Waals surface area contributed by atoms with E-state index >= 15 is 0 Å². The van der Waals surface area contributed by atoms with Gasteiger partial charge in [-0.1, -0.05) is 12.1 Å². The Morgan fingerprint density at radius 2 is 1.76 bits per heavy atom. The van der Waals surface area contributed by atoms with E-state index in [2.05, 4.69) is 25.6 Å². The molecule has 2 aromatic heterocycles. The monoisotopic (exact) mass is 443 g/mol. The maximum atomic E-state index is 12.5. The molecule has 0 saturated carbocycles. The molecule has 0 unspecified atom stereocenters. The second-order valence-corrected chi connectivity index (χ2v) is 7.85. The van der Waals surface area contributed by atoms with E-state index in [-0.39, 0.29) is 24.4 Å². The fraction of sp³-hybridized carbons (Fsp3) is 0.208. The van der Waals surface area contributed by atoms with Crippen LogP contribution in [-0.2, 0) is 11.3 Å². The van der Waals surface area contributed by atoms with E-state index in [0.29, 0.717) is 22.5 Å². The molecule has 168 valence electrons. The molecule has 2 heterocycles. The molecule has 0 spiro atoms. The maximum Gasteiger partial charge on any atom is 0.261 e. The predicted octanol–water partition coefficient (Wildman–Crippen LogP) is 3.33. The topological polar surface area (TPSA) is 105 Å². The molecule has 0 atom stereocenters. The quantitative estimate of drug-likeness (QED) is 0.451. The highest BCUT2D eigenvalue weighted by Crippen LogP contribution is 2.19. The molecule has 33 heavy (non-hydrogen) atoms. The molecule has 0 saturated heterocycles. The number of aromatic nitrogens is 4. The van der Waals surface area contributed by atoms with Crippen molar-refractivity contribution in [2.45, 2.75) is 19.9 Å². The zero-order valence-corrected chi connectivity index (χ0v) is 18.7. The summed E-state index contributed by atoms with van der Waals surface area (Å²) in [5.41, 5.74) is 2.82. The van der Waals surface area contributed by atoms with Gasteiger partial charge in [0.05, 0.1) is 17.2 Å². The second-order valence-electron chi connectivity index (χ2n) is 7.85. The van der Waals surface area contributed by atoms with Crippen LogP contribution in [0.1, 0.15) is 12.1 Å². The van der Waals surface area contributed by atoms with Gasteiger partial charge in [0.15, 0.2) is 0 Å². The van der Waals surface area contributed by atoms with Gasteiger partial charge in [-0.05, 0) is 43.3 Å². The van der Waals surface area contributed by atoms with Gasteiger partial charge in [-0.15, -0.1) is 0 Å². The molecule has 0 radical (unpaired) electrons. The number of hydrogen-bond donors (Lipinski definition) is 2. The van der Waals surface area contributed by atoms with Crippen molar-refractivity contribution in [2.75, 3.05) is 29.6 Å². The van der Waals surface area contributed by atoms with Gasteiger partial charge < -0.3 is 15.5 Å². The summed E-state index contributed by atoms with van der Waals surface area (Å²) in [4.78, 5) is 40.0. The van der Waals surface area contributed by atoms with E-state index in [4.69, 9.17) is 0 Å². The number of nitrogens with one attached hydrogen (secondary N) is 2. The minimum atomic E-state index is -0.187. The highest BCUT2D eigenvalue weighted by Gasteiger charge is 2.08. The Morgan fingerprint density at radius 3 is 2.52 bits per heavy atom. The van der Waals surface area contributed by atoms with Crippen molar-refractivity contribution in [2.24, 2.45) is 0 Å². The zero-order chi connectivity index (χ0) is 23.4. The normalized spacial score (nSPS) is 10.8. The van der Waals surface area contributed by atoms with Gasteiger partial charge in [0, 0.05) is 50.2 Å². The molecule has 1 amide bonds. The Morgan fingerprint density at radius 1 is 1.03 bits per heavy atom. The van der Waals surface area contributed by atoms with Crippen LogP contribution in [0.4, 0.5) is 23.1 Å². The van der Waals surface area contributed by atoms with Crippen LogP contribution in [0.5, 0.6) is 0 Å². The Labute approximate surface area is 191 Å². The molecular weight excluding hydrogens is 418 g/mol. The van der Waals surface area contributed by atoms with Crippen LogP contribution in [0.2, 0.25) is 0 Å². The average Bonchev–Trinajstić information content (AvgIpc) is 2.80. The van der Waals surface area contributed by atoms with Crippen molar-refractivity contribution in [1.29, 1.82) is 0 Å². The number of para-hydroxylation sites is 1. The summed E-state index contributed by atoms with van der Waals surface area (Å²) in [6.45, 7) is 2.17. The first-order valence-electron chi connectivity index (χ1n) is 10.5. The zero-order valence-electron chi connectivity index (χ0n) is 18.7. The first-order chi connectivity index (χ1) is 15.9. The molecule has 9 heteroatoms. The van der Waals surface area contributed by atoms with Gasteiger partial charge in [0.2, 0.25) is 11.9 Å². The summed E-state index contributed by atoms with van der Waals surface area (Å²) in [5, 5.41) is 6.57. The minimum Gasteiger partial charge on any atom is -0.363 e. The lowest BCUT2D eigenvalue weighted by Gasteiger charge is -2.14. The third-order valence-electron chi connectivity index (χ3n) is 5.03. The third kappa shape index (κ3) is 5.32. The van der Waals surface area contributed by atoms with E-state index in [1.807, 2.05) is 50.2 Å². The van der Waals surface area contributed by atoms with E-state index in [1.165, 1.54) is 10.9 Å². The smallest absolute Gasteiger partial charge is 0.261 e. The Hall–Kier alpha value is -4.27. The molecule has 4 rings (SSSR count). The van der Waals surface area contributed by atoms with Gasteiger partial charge >= 0.3 is 0 Å². The summed E-state index contributed by atoms with van der Waals surface area (Å²) in [6, 6.07) is 16.3. The van der Waals surface area contributed by atoms with Crippen LogP contribution < -0.4 is 21.1 Å². The van der Waals surface area contributed by atoms with E-state index in [9.17, 15) is 9.59 Å². The standard InChI is InChI=1S/C24H25N7O2/c1-16-14-21(30(2)3)29-24(26-16)28-18-10-8-17(9-11-18)27-22(32)12-13-31-15-25-20-7-5-4-6-19(20)23(31)33/h4-11,14-15H,12-13H2,1-3H3,(H,27,32)(H,26,28,29). The lowest BCUT2D eigenvalue weighted by molar-refractivity contribution is -0.116. The predicted molar refractivity (Wildman–Crippen MR) is 130 cm³/mol. The SMILES string of the molecule is Cc1cc(N(C)C)nc(Nc2ccc(NC(=O)CCn3cnc4ccccc4c3=O)cc2)n1. The molecule has 2 N–H and O–H groups in total. The van der Waals surface area contributed by atoms with Crippen molar-refractivity contribution in [3.05, 3.63) is 77.0 Å². The van der Waals surface area contributed by atoms with Crippen molar-refractivity contribution >= 4 is 40.0 Å². The number of rotatable bonds is 7. The minimum absolute atomic E-state index is 0.153. The van der Waals surface area contributed by atoms with Crippen LogP contribution in [0.3, 0.4) is 0 Å². The molecule has 4 aromatic rings. The summed E-state index contributed by atoms with van der Waals surface area (Å²) < 4.78 is 1.46. The van der Waals surface area contributed by atoms with Crippen LogP contribution in [0, 0.1) is 6.92 Å². The van der Waals surface area contributed by atoms with E-state index in [1.54, 1.807) is 30.3 Å². The number of benzene rings is 2. The van der Waals surface area contributed by atoms with Crippen LogP contribution >= 0.6 is 0 Å². The Balaban J connectivity index is 1.36. The van der Waals surface area contributed by atoms with Crippen LogP contribution in [0.15, 0.2) is 65.7 Å². The van der Waals surface area contributed by atoms with Gasteiger partial charge in [-0.3, -0.25) is 14.2 Å². The average molecular weight is 444 g/mol. The largest absolute Gasteiger partial charge is 0.363 e. The van der Waals surface area contributed by atoms with Crippen LogP contribution in [0.25, 0.3) is 10.9 Å². The molecule has 0 aliphatic carbocycles. The molecule has 0 aliphatic heterocycles. The molecule has 0 aliphatic rings. The number of aryl methyl sites for hydroxylation is 2. The Bertz CT molecular complexity index is 1350. The Kier molecular flexibility index (Phi) is 6.30. The third-order valence-corrected chi connectivity index (χ3v) is 5.03. The highest BCUT2D eigenvalue weighted by molar-refractivity contribution is 5.90. The lowest BCUT2D eigenvalue weighted by Crippen LogP contribution is -2.23. The van der Waals surface area contributed by atoms with Gasteiger partial charge in [-0.25, -0.2) is 9.97 Å². The van der Waals surface area contributed by atoms with Crippen molar-refractivity contribution < 1.29 is 4.79 Å². The second kappa shape index (κ2) is 9.47. The summed E-state index contributed by atoms with van der Waals surface area (Å²) >= 11 is 0. The molecule has 0 fully saturated rings. The van der Waals surface area contributed by atoms with E-state index in [0.717, 1.165) is 17.2 Å². The van der Waals surface area contributed by atoms with Gasteiger partial charge in [-0.2, -0.15) is 4.98 Å². The maximum absolute atomic E-state index is 12.5. The van der Waals surface area contributed by atoms with Crippen LogP contribution in [-0.4, -0.2) is 39.5 Å². The fourth-order valence-corrected chi connectivity index (χ4v) is 3.31. The molecule has 9 nitrogen and oxygen atoms in total. The number of amides is 1. The number of hydrogen-bond acceptors (Lipinski definition) is 7. The lowest BCUT2D eigenvalue weighted by atomic mass is 10.2. The number of anilines is 4. The van der Waals surface area contributed by atoms with Gasteiger partial charge in [0.1, 0.15) is 5.82 Å². The van der Waals surface area contributed by atoms with Crippen molar-refractivity contribution in [3.8, 4) is 0 Å². The molecule has 2 aromatic carbocycles. The molecular formula is C24H25N7O2. The highest BCUT2D eigenvalue weighted by atomic mass is 16.2. The van der Waals surface area contributed by atoms with Crippen molar-refractivity contribution in [3.63, 3.8) is 0 Å². The number of carbonyl (C=O) groups is 1. The molecule has 0 bridgehead atoms. The number of nitrogens with zero attached hydrogens (tertiary/aromatic N) is 5. The number of fused-ring (bicyclic) bond motifs is 1. The van der Waals surface area contributed by atoms with E-state index < -0.39 is 0 Å². The summed E-state index contributed by atoms with van der Waals surface area (Å²) in [5.74, 6) is 1.13. The fourth-order valence-electron chi connectivity index (χ4n) is 3.31. The summed E-state index contributed by atoms with van der Waals surface area (Å²) in [6.07, 6.45) is 1.64. The number of carbonyl (C=O) groups excluding carboxylic acids is 1. The first kappa shape index (κ1) is 21.9. The van der Waals surface area contributed by atoms with Gasteiger partial charge in [0.25, 0.3) is 5.56 Å². The van der Waals surface area contributed by atoms with Crippen molar-refractivity contribution in [1.82, 2.24) is 19.5 Å². The summed E-state index contributed by atoms with van der Waals surface area (Å²) in [7, 11) is 3.85. The first-order valence-corrected chi connectivity index (χ1v) is 10.5.